The maximum Gasteiger partial charge on any atom is 0.328 e. The Hall–Kier alpha value is -2.82. The van der Waals surface area contributed by atoms with Crippen molar-refractivity contribution in [3.8, 4) is 17.4 Å². The van der Waals surface area contributed by atoms with Crippen LogP contribution in [-0.4, -0.2) is 21.2 Å². The molecule has 5 heteroatoms. The lowest BCUT2D eigenvalue weighted by Gasteiger charge is -2.07. The van der Waals surface area contributed by atoms with E-state index in [0.717, 1.165) is 17.2 Å². The first-order chi connectivity index (χ1) is 9.54. The van der Waals surface area contributed by atoms with E-state index in [1.807, 2.05) is 6.92 Å². The standard InChI is InChI=1S/C15H13NO4/c1-10-8-13(5-2-11(10)3-7-15(18)19)20-14-6-4-12(17)9-16-14/h2-9,17H,1H3,(H,18,19)/b7-3+. The van der Waals surface area contributed by atoms with Gasteiger partial charge in [0.25, 0.3) is 0 Å². The Kier molecular flexibility index (Phi) is 4.00. The molecule has 0 fully saturated rings. The maximum atomic E-state index is 10.5. The summed E-state index contributed by atoms with van der Waals surface area (Å²) in [5, 5.41) is 17.7. The molecule has 0 saturated carbocycles. The first kappa shape index (κ1) is 13.6. The number of aryl methyl sites for hydroxylation is 1. The third kappa shape index (κ3) is 3.58. The van der Waals surface area contributed by atoms with Crippen LogP contribution in [0.1, 0.15) is 11.1 Å². The van der Waals surface area contributed by atoms with Crippen molar-refractivity contribution in [3.63, 3.8) is 0 Å². The number of hydrogen-bond acceptors (Lipinski definition) is 4. The number of carboxylic acid groups (broad SMARTS) is 1. The van der Waals surface area contributed by atoms with Crippen molar-refractivity contribution in [2.24, 2.45) is 0 Å². The summed E-state index contributed by atoms with van der Waals surface area (Å²) in [5.74, 6) is 0.0462. The summed E-state index contributed by atoms with van der Waals surface area (Å²) in [7, 11) is 0. The average molecular weight is 271 g/mol. The van der Waals surface area contributed by atoms with Gasteiger partial charge < -0.3 is 14.9 Å². The summed E-state index contributed by atoms with van der Waals surface area (Å²) in [4.78, 5) is 14.4. The number of hydrogen-bond donors (Lipinski definition) is 2. The van der Waals surface area contributed by atoms with Gasteiger partial charge in [-0.1, -0.05) is 6.07 Å². The van der Waals surface area contributed by atoms with E-state index >= 15 is 0 Å². The molecule has 2 N–H and O–H groups in total. The summed E-state index contributed by atoms with van der Waals surface area (Å²) >= 11 is 0. The zero-order chi connectivity index (χ0) is 14.5. The van der Waals surface area contributed by atoms with Crippen molar-refractivity contribution >= 4 is 12.0 Å². The molecule has 5 nitrogen and oxygen atoms in total. The molecule has 0 aliphatic heterocycles. The molecule has 1 aromatic carbocycles. The number of pyridine rings is 1. The number of rotatable bonds is 4. The van der Waals surface area contributed by atoms with Crippen LogP contribution in [0.5, 0.6) is 17.4 Å². The maximum absolute atomic E-state index is 10.5. The van der Waals surface area contributed by atoms with Crippen LogP contribution < -0.4 is 4.74 Å². The molecule has 0 bridgehead atoms. The van der Waals surface area contributed by atoms with Crippen molar-refractivity contribution < 1.29 is 19.7 Å². The van der Waals surface area contributed by atoms with Crippen LogP contribution in [0.15, 0.2) is 42.6 Å². The molecule has 20 heavy (non-hydrogen) atoms. The lowest BCUT2D eigenvalue weighted by molar-refractivity contribution is -0.131. The molecular weight excluding hydrogens is 258 g/mol. The third-order valence-electron chi connectivity index (χ3n) is 2.59. The molecule has 1 heterocycles. The molecular formula is C15H13NO4. The second-order valence-corrected chi connectivity index (χ2v) is 4.15. The van der Waals surface area contributed by atoms with Crippen LogP contribution in [0.3, 0.4) is 0 Å². The molecule has 0 aliphatic rings. The van der Waals surface area contributed by atoms with E-state index in [-0.39, 0.29) is 5.75 Å². The highest BCUT2D eigenvalue weighted by atomic mass is 16.5. The minimum atomic E-state index is -0.988. The highest BCUT2D eigenvalue weighted by molar-refractivity contribution is 5.85. The summed E-state index contributed by atoms with van der Waals surface area (Å²) in [6.07, 6.45) is 3.91. The number of aromatic nitrogens is 1. The normalized spacial score (nSPS) is 10.7. The number of nitrogens with zero attached hydrogens (tertiary/aromatic N) is 1. The van der Waals surface area contributed by atoms with E-state index in [9.17, 15) is 4.79 Å². The van der Waals surface area contributed by atoms with Crippen LogP contribution >= 0.6 is 0 Å². The molecule has 0 atom stereocenters. The Balaban J connectivity index is 2.16. The summed E-state index contributed by atoms with van der Waals surface area (Å²) in [6.45, 7) is 1.86. The SMILES string of the molecule is Cc1cc(Oc2ccc(O)cn2)ccc1/C=C/C(=O)O. The Morgan fingerprint density at radius 3 is 2.70 bits per heavy atom. The number of carboxylic acids is 1. The van der Waals surface area contributed by atoms with Crippen molar-refractivity contribution in [1.82, 2.24) is 4.98 Å². The lowest BCUT2D eigenvalue weighted by Crippen LogP contribution is -1.90. The monoisotopic (exact) mass is 271 g/mol. The lowest BCUT2D eigenvalue weighted by atomic mass is 10.1. The number of aliphatic carboxylic acids is 1. The van der Waals surface area contributed by atoms with E-state index in [0.29, 0.717) is 11.6 Å². The van der Waals surface area contributed by atoms with Crippen LogP contribution in [0, 0.1) is 6.92 Å². The third-order valence-corrected chi connectivity index (χ3v) is 2.59. The van der Waals surface area contributed by atoms with Gasteiger partial charge in [0.2, 0.25) is 5.88 Å². The molecule has 0 unspecified atom stereocenters. The fourth-order valence-electron chi connectivity index (χ4n) is 1.61. The highest BCUT2D eigenvalue weighted by Gasteiger charge is 2.02. The van der Waals surface area contributed by atoms with Gasteiger partial charge in [-0.25, -0.2) is 9.78 Å². The van der Waals surface area contributed by atoms with E-state index in [2.05, 4.69) is 4.98 Å². The van der Waals surface area contributed by atoms with Gasteiger partial charge in [-0.05, 0) is 42.3 Å². The van der Waals surface area contributed by atoms with Crippen LogP contribution in [0.4, 0.5) is 0 Å². The molecule has 0 saturated heterocycles. The summed E-state index contributed by atoms with van der Waals surface area (Å²) in [6, 6.07) is 8.33. The topological polar surface area (TPSA) is 79.7 Å². The number of aromatic hydroxyl groups is 1. The molecule has 2 rings (SSSR count). The zero-order valence-electron chi connectivity index (χ0n) is 10.8. The molecule has 0 aliphatic carbocycles. The average Bonchev–Trinajstić information content (AvgIpc) is 2.40. The van der Waals surface area contributed by atoms with Gasteiger partial charge in [0.05, 0.1) is 6.20 Å². The fourth-order valence-corrected chi connectivity index (χ4v) is 1.61. The Bertz CT molecular complexity index is 647. The minimum Gasteiger partial charge on any atom is -0.506 e. The second-order valence-electron chi connectivity index (χ2n) is 4.15. The van der Waals surface area contributed by atoms with Gasteiger partial charge in [-0.3, -0.25) is 0 Å². The number of ether oxygens (including phenoxy) is 1. The molecule has 102 valence electrons. The van der Waals surface area contributed by atoms with Crippen molar-refractivity contribution in [2.75, 3.05) is 0 Å². The Morgan fingerprint density at radius 2 is 2.10 bits per heavy atom. The highest BCUT2D eigenvalue weighted by Crippen LogP contribution is 2.23. The molecule has 1 aromatic heterocycles. The van der Waals surface area contributed by atoms with Crippen molar-refractivity contribution in [3.05, 3.63) is 53.7 Å². The fraction of sp³-hybridized carbons (Fsp3) is 0.0667. The predicted molar refractivity (Wildman–Crippen MR) is 73.8 cm³/mol. The quantitative estimate of drug-likeness (QED) is 0.836. The first-order valence-corrected chi connectivity index (χ1v) is 5.89. The van der Waals surface area contributed by atoms with Crippen molar-refractivity contribution in [2.45, 2.75) is 6.92 Å². The van der Waals surface area contributed by atoms with Gasteiger partial charge in [0.15, 0.2) is 0 Å². The molecule has 0 spiro atoms. The van der Waals surface area contributed by atoms with Gasteiger partial charge >= 0.3 is 5.97 Å². The van der Waals surface area contributed by atoms with Crippen LogP contribution in [-0.2, 0) is 4.79 Å². The van der Waals surface area contributed by atoms with E-state index < -0.39 is 5.97 Å². The summed E-state index contributed by atoms with van der Waals surface area (Å²) < 4.78 is 5.53. The summed E-state index contributed by atoms with van der Waals surface area (Å²) in [5.41, 5.74) is 1.69. The van der Waals surface area contributed by atoms with Crippen molar-refractivity contribution in [1.29, 1.82) is 0 Å². The molecule has 0 amide bonds. The first-order valence-electron chi connectivity index (χ1n) is 5.89. The van der Waals surface area contributed by atoms with Gasteiger partial charge in [0.1, 0.15) is 11.5 Å². The van der Waals surface area contributed by atoms with Gasteiger partial charge in [-0.2, -0.15) is 0 Å². The van der Waals surface area contributed by atoms with E-state index in [1.54, 1.807) is 24.3 Å². The number of benzene rings is 1. The van der Waals surface area contributed by atoms with E-state index in [4.69, 9.17) is 14.9 Å². The Labute approximate surface area is 115 Å². The van der Waals surface area contributed by atoms with Gasteiger partial charge in [0, 0.05) is 12.1 Å². The smallest absolute Gasteiger partial charge is 0.328 e. The zero-order valence-corrected chi connectivity index (χ0v) is 10.8. The minimum absolute atomic E-state index is 0.0719. The molecule has 2 aromatic rings. The largest absolute Gasteiger partial charge is 0.506 e. The Morgan fingerprint density at radius 1 is 1.30 bits per heavy atom. The van der Waals surface area contributed by atoms with Crippen LogP contribution in [0.25, 0.3) is 6.08 Å². The predicted octanol–water partition coefficient (Wildman–Crippen LogP) is 2.99. The van der Waals surface area contributed by atoms with E-state index in [1.165, 1.54) is 18.3 Å². The van der Waals surface area contributed by atoms with Gasteiger partial charge in [-0.15, -0.1) is 0 Å². The number of carbonyl (C=O) groups is 1. The second kappa shape index (κ2) is 5.88. The molecule has 0 radical (unpaired) electrons. The van der Waals surface area contributed by atoms with Crippen LogP contribution in [0.2, 0.25) is 0 Å².